The van der Waals surface area contributed by atoms with Gasteiger partial charge in [0.2, 0.25) is 0 Å². The summed E-state index contributed by atoms with van der Waals surface area (Å²) in [5, 5.41) is 9.89. The van der Waals surface area contributed by atoms with Crippen molar-refractivity contribution in [3.8, 4) is 0 Å². The third-order valence-corrected chi connectivity index (χ3v) is 2.91. The molecule has 0 aliphatic carbocycles. The Bertz CT molecular complexity index is 230. The Morgan fingerprint density at radius 2 is 2.14 bits per heavy atom. The van der Waals surface area contributed by atoms with E-state index in [0.717, 1.165) is 0 Å². The van der Waals surface area contributed by atoms with Gasteiger partial charge in [-0.15, -0.1) is 0 Å². The smallest absolute Gasteiger partial charge is 0.267 e. The normalized spacial score (nSPS) is 12.3. The molecule has 0 radical (unpaired) electrons. The van der Waals surface area contributed by atoms with Gasteiger partial charge < -0.3 is 5.11 Å². The van der Waals surface area contributed by atoms with E-state index in [4.69, 9.17) is 10.9 Å². The predicted octanol–water partition coefficient (Wildman–Crippen LogP) is -1.09. The van der Waals surface area contributed by atoms with Crippen molar-refractivity contribution in [3.63, 3.8) is 0 Å². The van der Waals surface area contributed by atoms with Crippen LogP contribution in [-0.2, 0) is 14.3 Å². The fourth-order valence-electron chi connectivity index (χ4n) is 0.740. The Morgan fingerprint density at radius 1 is 1.50 bits per heavy atom. The summed E-state index contributed by atoms with van der Waals surface area (Å²) < 4.78 is 26.8. The van der Waals surface area contributed by atoms with Gasteiger partial charge in [-0.05, 0) is 6.42 Å². The molecule has 0 rings (SSSR count). The van der Waals surface area contributed by atoms with E-state index in [-0.39, 0.29) is 25.4 Å². The highest BCUT2D eigenvalue weighted by Crippen LogP contribution is 1.95. The van der Waals surface area contributed by atoms with E-state index in [1.54, 1.807) is 0 Å². The summed E-state index contributed by atoms with van der Waals surface area (Å²) in [4.78, 5) is 0. The van der Waals surface area contributed by atoms with E-state index >= 15 is 0 Å². The lowest BCUT2D eigenvalue weighted by atomic mass is 10.5. The average Bonchev–Trinajstić information content (AvgIpc) is 2.14. The third kappa shape index (κ3) is 7.22. The molecule has 3 N–H and O–H groups in total. The summed E-state index contributed by atoms with van der Waals surface area (Å²) in [6.45, 7) is 2.77. The minimum absolute atomic E-state index is 0.0537. The number of hydrogen-bond acceptors (Lipinski definition) is 6. The molecule has 7 heteroatoms. The zero-order valence-electron chi connectivity index (χ0n) is 8.35. The van der Waals surface area contributed by atoms with Gasteiger partial charge in [-0.1, -0.05) is 6.92 Å². The molecule has 0 saturated carbocycles. The number of nitrogens with two attached hydrogens (primary N) is 1. The molecule has 0 bridgehead atoms. The van der Waals surface area contributed by atoms with Gasteiger partial charge in [-0.2, -0.15) is 8.42 Å². The van der Waals surface area contributed by atoms with Gasteiger partial charge in [0.05, 0.1) is 12.4 Å². The van der Waals surface area contributed by atoms with Crippen LogP contribution in [0.15, 0.2) is 0 Å². The first-order chi connectivity index (χ1) is 6.52. The molecule has 0 saturated heterocycles. The van der Waals surface area contributed by atoms with Gasteiger partial charge in [0.1, 0.15) is 0 Å². The molecule has 0 aromatic rings. The second kappa shape index (κ2) is 7.13. The summed E-state index contributed by atoms with van der Waals surface area (Å²) >= 11 is 0. The maximum atomic E-state index is 11.1. The van der Waals surface area contributed by atoms with E-state index in [1.807, 2.05) is 6.92 Å². The second-order valence-corrected chi connectivity index (χ2v) is 4.55. The Kier molecular flexibility index (Phi) is 7.02. The van der Waals surface area contributed by atoms with Crippen molar-refractivity contribution in [2.75, 3.05) is 32.1 Å². The van der Waals surface area contributed by atoms with Gasteiger partial charge in [0.15, 0.2) is 0 Å². The minimum atomic E-state index is -3.49. The van der Waals surface area contributed by atoms with E-state index in [0.29, 0.717) is 13.1 Å². The molecular formula is C7H18N2O4S. The summed E-state index contributed by atoms with van der Waals surface area (Å²) in [7, 11) is -3.49. The van der Waals surface area contributed by atoms with Crippen molar-refractivity contribution in [2.45, 2.75) is 13.3 Å². The molecule has 0 aliphatic heterocycles. The lowest BCUT2D eigenvalue weighted by Crippen LogP contribution is -2.34. The van der Waals surface area contributed by atoms with E-state index in [1.165, 1.54) is 5.01 Å². The lowest BCUT2D eigenvalue weighted by Gasteiger charge is -2.12. The van der Waals surface area contributed by atoms with Crippen LogP contribution in [0.3, 0.4) is 0 Å². The molecule has 6 nitrogen and oxygen atoms in total. The minimum Gasteiger partial charge on any atom is -0.396 e. The van der Waals surface area contributed by atoms with Gasteiger partial charge in [-0.3, -0.25) is 10.0 Å². The zero-order valence-corrected chi connectivity index (χ0v) is 9.16. The van der Waals surface area contributed by atoms with Crippen LogP contribution in [0.2, 0.25) is 0 Å². The van der Waals surface area contributed by atoms with Crippen LogP contribution in [0.5, 0.6) is 0 Å². The highest BCUT2D eigenvalue weighted by Gasteiger charge is 2.10. The van der Waals surface area contributed by atoms with Crippen LogP contribution in [-0.4, -0.2) is 50.6 Å². The number of hydrogen-bond donors (Lipinski definition) is 2. The Hall–Kier alpha value is -0.210. The van der Waals surface area contributed by atoms with Crippen molar-refractivity contribution < 1.29 is 17.7 Å². The van der Waals surface area contributed by atoms with Gasteiger partial charge >= 0.3 is 0 Å². The second-order valence-electron chi connectivity index (χ2n) is 2.79. The standard InChI is InChI=1S/C7H18N2O4S/c1-2-9(8)4-6-13-14(11,12)7-3-5-10/h10H,2-8H2,1H3. The Morgan fingerprint density at radius 3 is 2.64 bits per heavy atom. The Labute approximate surface area is 84.7 Å². The first kappa shape index (κ1) is 13.8. The number of aliphatic hydroxyl groups excluding tert-OH is 1. The van der Waals surface area contributed by atoms with Crippen molar-refractivity contribution >= 4 is 10.1 Å². The molecule has 0 aromatic heterocycles. The largest absolute Gasteiger partial charge is 0.396 e. The zero-order chi connectivity index (χ0) is 11.0. The van der Waals surface area contributed by atoms with Gasteiger partial charge in [-0.25, -0.2) is 5.01 Å². The number of nitrogens with zero attached hydrogens (tertiary/aromatic N) is 1. The molecule has 0 aromatic carbocycles. The van der Waals surface area contributed by atoms with Crippen molar-refractivity contribution in [2.24, 2.45) is 5.84 Å². The fourth-order valence-corrected chi connectivity index (χ4v) is 1.67. The monoisotopic (exact) mass is 226 g/mol. The molecule has 0 heterocycles. The van der Waals surface area contributed by atoms with Crippen LogP contribution >= 0.6 is 0 Å². The van der Waals surface area contributed by atoms with Gasteiger partial charge in [0.25, 0.3) is 10.1 Å². The van der Waals surface area contributed by atoms with Crippen molar-refractivity contribution in [1.82, 2.24) is 5.01 Å². The quantitative estimate of drug-likeness (QED) is 0.310. The lowest BCUT2D eigenvalue weighted by molar-refractivity contribution is 0.222. The van der Waals surface area contributed by atoms with Crippen molar-refractivity contribution in [3.05, 3.63) is 0 Å². The number of hydrazine groups is 1. The van der Waals surface area contributed by atoms with Gasteiger partial charge in [0, 0.05) is 19.7 Å². The van der Waals surface area contributed by atoms with Crippen LogP contribution in [0.4, 0.5) is 0 Å². The van der Waals surface area contributed by atoms with Crippen LogP contribution < -0.4 is 5.84 Å². The fraction of sp³-hybridized carbons (Fsp3) is 1.00. The van der Waals surface area contributed by atoms with Crippen LogP contribution in [0.25, 0.3) is 0 Å². The molecule has 0 aliphatic rings. The SMILES string of the molecule is CCN(N)CCOS(=O)(=O)CCCO. The maximum Gasteiger partial charge on any atom is 0.267 e. The first-order valence-corrected chi connectivity index (χ1v) is 6.07. The highest BCUT2D eigenvalue weighted by atomic mass is 32.2. The molecule has 0 unspecified atom stereocenters. The van der Waals surface area contributed by atoms with E-state index in [2.05, 4.69) is 4.18 Å². The van der Waals surface area contributed by atoms with E-state index < -0.39 is 10.1 Å². The molecule has 86 valence electrons. The predicted molar refractivity (Wildman–Crippen MR) is 52.9 cm³/mol. The molecule has 0 fully saturated rings. The first-order valence-electron chi connectivity index (χ1n) is 4.49. The average molecular weight is 226 g/mol. The van der Waals surface area contributed by atoms with Crippen LogP contribution in [0, 0.1) is 0 Å². The Balaban J connectivity index is 3.66. The van der Waals surface area contributed by atoms with Crippen molar-refractivity contribution in [1.29, 1.82) is 0 Å². The summed E-state index contributed by atoms with van der Waals surface area (Å²) in [5.74, 6) is 5.27. The molecule has 14 heavy (non-hydrogen) atoms. The molecule has 0 spiro atoms. The number of rotatable bonds is 8. The molecular weight excluding hydrogens is 208 g/mol. The molecule has 0 atom stereocenters. The summed E-state index contributed by atoms with van der Waals surface area (Å²) in [5.41, 5.74) is 0. The summed E-state index contributed by atoms with van der Waals surface area (Å²) in [6.07, 6.45) is 0.197. The topological polar surface area (TPSA) is 92.9 Å². The maximum absolute atomic E-state index is 11.1. The van der Waals surface area contributed by atoms with Crippen LogP contribution in [0.1, 0.15) is 13.3 Å². The third-order valence-electron chi connectivity index (χ3n) is 1.60. The highest BCUT2D eigenvalue weighted by molar-refractivity contribution is 7.86. The molecule has 0 amide bonds. The number of aliphatic hydroxyl groups is 1. The number of likely N-dealkylation sites (N-methyl/N-ethyl adjacent to an activating group) is 1. The van der Waals surface area contributed by atoms with E-state index in [9.17, 15) is 8.42 Å². The summed E-state index contributed by atoms with van der Waals surface area (Å²) in [6, 6.07) is 0.